The van der Waals surface area contributed by atoms with Gasteiger partial charge in [0.2, 0.25) is 0 Å². The maximum Gasteiger partial charge on any atom is 0.269 e. The molecule has 3 heterocycles. The normalized spacial score (nSPS) is 14.1. The number of halogens is 1. The second kappa shape index (κ2) is 13.9. The van der Waals surface area contributed by atoms with E-state index in [2.05, 4.69) is 20.6 Å². The van der Waals surface area contributed by atoms with E-state index in [4.69, 9.17) is 4.74 Å². The molecule has 0 bridgehead atoms. The standard InChI is InChI=1S/C32H26FN7O5S2/c1-45-25-14-6-21(7-15-25)31(42)34-18-29-35-36-32(38(29)23-10-12-24(13-11-23)40(43)44)47-19-30(41)39-27(20-4-8-22(33)9-5-20)17-26(37-39)28-3-2-16-46-28/h2-16,27H,17-19H2,1H3,(H,34,42)/t27-/m1/s1. The van der Waals surface area contributed by atoms with Gasteiger partial charge in [-0.15, -0.1) is 21.5 Å². The van der Waals surface area contributed by atoms with Crippen molar-refractivity contribution in [2.75, 3.05) is 12.9 Å². The van der Waals surface area contributed by atoms with E-state index in [1.165, 1.54) is 47.7 Å². The average Bonchev–Trinajstić information content (AvgIpc) is 3.87. The molecule has 0 fully saturated rings. The van der Waals surface area contributed by atoms with Gasteiger partial charge in [-0.05, 0) is 65.5 Å². The number of ether oxygens (including phenoxy) is 1. The Morgan fingerprint density at radius 1 is 1.06 bits per heavy atom. The Morgan fingerprint density at radius 3 is 2.47 bits per heavy atom. The van der Waals surface area contributed by atoms with Crippen molar-refractivity contribution in [3.8, 4) is 11.4 Å². The molecule has 238 valence electrons. The van der Waals surface area contributed by atoms with Crippen LogP contribution in [0.5, 0.6) is 5.75 Å². The number of thiophene rings is 1. The second-order valence-electron chi connectivity index (χ2n) is 10.2. The highest BCUT2D eigenvalue weighted by Gasteiger charge is 2.34. The van der Waals surface area contributed by atoms with Gasteiger partial charge in [0.25, 0.3) is 17.5 Å². The molecule has 0 aliphatic carbocycles. The van der Waals surface area contributed by atoms with Gasteiger partial charge < -0.3 is 10.1 Å². The monoisotopic (exact) mass is 671 g/mol. The molecule has 0 radical (unpaired) electrons. The maximum absolute atomic E-state index is 13.7. The van der Waals surface area contributed by atoms with Gasteiger partial charge in [0.15, 0.2) is 11.0 Å². The van der Waals surface area contributed by atoms with Crippen LogP contribution in [0.4, 0.5) is 10.1 Å². The number of nitro benzene ring substituents is 1. The molecule has 2 aromatic heterocycles. The Kier molecular flexibility index (Phi) is 9.35. The molecule has 2 amide bonds. The summed E-state index contributed by atoms with van der Waals surface area (Å²) in [5, 5.41) is 31.0. The number of hydrogen-bond acceptors (Lipinski definition) is 10. The number of nitrogens with zero attached hydrogens (tertiary/aromatic N) is 6. The minimum absolute atomic E-state index is 0.0173. The van der Waals surface area contributed by atoms with Crippen LogP contribution in [0.1, 0.15) is 39.1 Å². The van der Waals surface area contributed by atoms with Crippen molar-refractivity contribution in [1.82, 2.24) is 25.1 Å². The largest absolute Gasteiger partial charge is 0.497 e. The molecule has 1 N–H and O–H groups in total. The topological polar surface area (TPSA) is 145 Å². The number of carbonyl (C=O) groups is 2. The van der Waals surface area contributed by atoms with Gasteiger partial charge in [0.1, 0.15) is 11.6 Å². The summed E-state index contributed by atoms with van der Waals surface area (Å²) >= 11 is 2.63. The summed E-state index contributed by atoms with van der Waals surface area (Å²) < 4.78 is 20.5. The van der Waals surface area contributed by atoms with Crippen LogP contribution in [-0.4, -0.2) is 55.1 Å². The van der Waals surface area contributed by atoms with E-state index in [0.717, 1.165) is 27.9 Å². The lowest BCUT2D eigenvalue weighted by Crippen LogP contribution is -2.28. The fourth-order valence-electron chi connectivity index (χ4n) is 4.96. The van der Waals surface area contributed by atoms with E-state index in [9.17, 15) is 24.1 Å². The second-order valence-corrected chi connectivity index (χ2v) is 12.1. The first kappa shape index (κ1) is 31.6. The summed E-state index contributed by atoms with van der Waals surface area (Å²) in [6, 6.07) is 21.9. The molecule has 47 heavy (non-hydrogen) atoms. The summed E-state index contributed by atoms with van der Waals surface area (Å²) in [7, 11) is 1.54. The van der Waals surface area contributed by atoms with Gasteiger partial charge in [-0.1, -0.05) is 30.0 Å². The summed E-state index contributed by atoms with van der Waals surface area (Å²) in [6.45, 7) is -0.0173. The molecule has 0 unspecified atom stereocenters. The van der Waals surface area contributed by atoms with Crippen LogP contribution in [0.15, 0.2) is 101 Å². The molecule has 15 heteroatoms. The van der Waals surface area contributed by atoms with Crippen LogP contribution in [0.2, 0.25) is 0 Å². The quantitative estimate of drug-likeness (QED) is 0.106. The summed E-state index contributed by atoms with van der Waals surface area (Å²) in [5.41, 5.74) is 2.34. The Bertz CT molecular complexity index is 1930. The number of non-ortho nitro benzene ring substituents is 1. The zero-order chi connectivity index (χ0) is 32.9. The predicted octanol–water partition coefficient (Wildman–Crippen LogP) is 5.78. The van der Waals surface area contributed by atoms with Crippen molar-refractivity contribution in [3.63, 3.8) is 0 Å². The molecule has 0 saturated heterocycles. The van der Waals surface area contributed by atoms with E-state index < -0.39 is 11.0 Å². The number of nitro groups is 1. The Morgan fingerprint density at radius 2 is 1.81 bits per heavy atom. The highest BCUT2D eigenvalue weighted by Crippen LogP contribution is 2.35. The number of aromatic nitrogens is 3. The minimum atomic E-state index is -0.501. The number of benzene rings is 3. The Labute approximate surface area is 276 Å². The van der Waals surface area contributed by atoms with Gasteiger partial charge in [0.05, 0.1) is 41.0 Å². The minimum Gasteiger partial charge on any atom is -0.497 e. The number of methoxy groups -OCH3 is 1. The molecular weight excluding hydrogens is 646 g/mol. The Balaban J connectivity index is 1.24. The van der Waals surface area contributed by atoms with Crippen LogP contribution in [0, 0.1) is 15.9 Å². The van der Waals surface area contributed by atoms with Gasteiger partial charge in [-0.25, -0.2) is 9.40 Å². The number of carbonyl (C=O) groups excluding carboxylic acids is 2. The lowest BCUT2D eigenvalue weighted by Gasteiger charge is -2.22. The molecule has 3 aromatic carbocycles. The van der Waals surface area contributed by atoms with E-state index >= 15 is 0 Å². The third-order valence-corrected chi connectivity index (χ3v) is 9.16. The summed E-state index contributed by atoms with van der Waals surface area (Å²) in [4.78, 5) is 38.3. The number of thioether (sulfide) groups is 1. The molecule has 0 spiro atoms. The van der Waals surface area contributed by atoms with E-state index in [0.29, 0.717) is 34.4 Å². The fraction of sp³-hybridized carbons (Fsp3) is 0.156. The van der Waals surface area contributed by atoms with E-state index in [-0.39, 0.29) is 35.6 Å². The summed E-state index contributed by atoms with van der Waals surface area (Å²) in [5.74, 6) is -0.136. The molecule has 6 rings (SSSR count). The van der Waals surface area contributed by atoms with Crippen molar-refractivity contribution in [3.05, 3.63) is 128 Å². The van der Waals surface area contributed by atoms with Crippen molar-refractivity contribution in [2.45, 2.75) is 24.2 Å². The van der Waals surface area contributed by atoms with Crippen molar-refractivity contribution in [2.24, 2.45) is 5.10 Å². The highest BCUT2D eigenvalue weighted by atomic mass is 32.2. The third kappa shape index (κ3) is 7.05. The van der Waals surface area contributed by atoms with E-state index in [1.807, 2.05) is 17.5 Å². The number of amides is 2. The number of hydrogen-bond donors (Lipinski definition) is 1. The number of hydrazone groups is 1. The average molecular weight is 672 g/mol. The zero-order valence-electron chi connectivity index (χ0n) is 24.8. The van der Waals surface area contributed by atoms with Crippen LogP contribution in [-0.2, 0) is 11.3 Å². The first-order valence-corrected chi connectivity index (χ1v) is 16.1. The van der Waals surface area contributed by atoms with Crippen molar-refractivity contribution in [1.29, 1.82) is 0 Å². The number of rotatable bonds is 11. The first-order valence-electron chi connectivity index (χ1n) is 14.2. The molecule has 1 atom stereocenters. The van der Waals surface area contributed by atoms with Crippen LogP contribution >= 0.6 is 23.1 Å². The van der Waals surface area contributed by atoms with Gasteiger partial charge >= 0.3 is 0 Å². The molecule has 0 saturated carbocycles. The van der Waals surface area contributed by atoms with Crippen molar-refractivity contribution >= 4 is 46.3 Å². The molecule has 1 aliphatic rings. The van der Waals surface area contributed by atoms with E-state index in [1.54, 1.807) is 53.1 Å². The Hall–Kier alpha value is -5.41. The van der Waals surface area contributed by atoms with Crippen LogP contribution in [0.25, 0.3) is 5.69 Å². The van der Waals surface area contributed by atoms with Crippen molar-refractivity contribution < 1.29 is 23.6 Å². The zero-order valence-corrected chi connectivity index (χ0v) is 26.4. The van der Waals surface area contributed by atoms with Gasteiger partial charge in [-0.2, -0.15) is 5.10 Å². The van der Waals surface area contributed by atoms with Crippen LogP contribution in [0.3, 0.4) is 0 Å². The fourth-order valence-corrected chi connectivity index (χ4v) is 6.51. The third-order valence-electron chi connectivity index (χ3n) is 7.33. The summed E-state index contributed by atoms with van der Waals surface area (Å²) in [6.07, 6.45) is 0.472. The molecule has 1 aliphatic heterocycles. The van der Waals surface area contributed by atoms with Crippen LogP contribution < -0.4 is 10.1 Å². The molecular formula is C32H26FN7O5S2. The predicted molar refractivity (Wildman–Crippen MR) is 174 cm³/mol. The van der Waals surface area contributed by atoms with Gasteiger partial charge in [-0.3, -0.25) is 24.3 Å². The first-order chi connectivity index (χ1) is 22.8. The highest BCUT2D eigenvalue weighted by molar-refractivity contribution is 7.99. The lowest BCUT2D eigenvalue weighted by molar-refractivity contribution is -0.384. The smallest absolute Gasteiger partial charge is 0.269 e. The molecule has 12 nitrogen and oxygen atoms in total. The molecule has 5 aromatic rings. The van der Waals surface area contributed by atoms with Gasteiger partial charge in [0, 0.05) is 29.8 Å². The SMILES string of the molecule is COc1ccc(C(=O)NCc2nnc(SCC(=O)N3N=C(c4cccs4)C[C@@H]3c3ccc(F)cc3)n2-c2ccc([N+](=O)[O-])cc2)cc1. The lowest BCUT2D eigenvalue weighted by atomic mass is 10.0. The maximum atomic E-state index is 13.7. The number of nitrogens with one attached hydrogen (secondary N) is 1.